The minimum Gasteiger partial charge on any atom is -0.395 e. The van der Waals surface area contributed by atoms with E-state index in [1.807, 2.05) is 24.3 Å². The van der Waals surface area contributed by atoms with E-state index in [0.717, 1.165) is 37.6 Å². The molecule has 0 aliphatic carbocycles. The lowest BCUT2D eigenvalue weighted by Gasteiger charge is -2.35. The first-order valence-electron chi connectivity index (χ1n) is 12.9. The maximum absolute atomic E-state index is 12.7. The van der Waals surface area contributed by atoms with Crippen molar-refractivity contribution in [3.63, 3.8) is 0 Å². The lowest BCUT2D eigenvalue weighted by molar-refractivity contribution is -0.111. The highest BCUT2D eigenvalue weighted by Crippen LogP contribution is 2.24. The van der Waals surface area contributed by atoms with Gasteiger partial charge in [-0.05, 0) is 48.5 Å². The zero-order valence-corrected chi connectivity index (χ0v) is 21.8. The van der Waals surface area contributed by atoms with E-state index in [1.165, 1.54) is 12.3 Å². The number of hydrogen-bond donors (Lipinski definition) is 4. The molecular weight excluding hydrogens is 512 g/mol. The SMILES string of the molecule is C=CC(=O)Nc1cccc(-n2c(CO)nc(=O)c3cnc(Nc4ccc(N5CCN(CCO)CC5)cc4)nc32)c1. The maximum atomic E-state index is 12.7. The Morgan fingerprint density at radius 3 is 2.48 bits per heavy atom. The molecule has 0 atom stereocenters. The number of benzene rings is 2. The van der Waals surface area contributed by atoms with Crippen molar-refractivity contribution >= 4 is 40.0 Å². The van der Waals surface area contributed by atoms with Crippen LogP contribution in [0.25, 0.3) is 16.7 Å². The van der Waals surface area contributed by atoms with Gasteiger partial charge in [0.2, 0.25) is 11.9 Å². The molecule has 4 N–H and O–H groups in total. The molecule has 2 aromatic carbocycles. The summed E-state index contributed by atoms with van der Waals surface area (Å²) in [6.45, 7) is 7.41. The fraction of sp³-hybridized carbons (Fsp3) is 0.250. The van der Waals surface area contributed by atoms with Gasteiger partial charge in [-0.1, -0.05) is 12.6 Å². The number of nitrogens with zero attached hydrogens (tertiary/aromatic N) is 6. The Hall–Kier alpha value is -4.65. The van der Waals surface area contributed by atoms with Gasteiger partial charge in [-0.2, -0.15) is 9.97 Å². The van der Waals surface area contributed by atoms with Gasteiger partial charge < -0.3 is 25.7 Å². The molecule has 1 aliphatic heterocycles. The molecule has 40 heavy (non-hydrogen) atoms. The Morgan fingerprint density at radius 1 is 1.00 bits per heavy atom. The molecule has 0 radical (unpaired) electrons. The molecule has 206 valence electrons. The highest BCUT2D eigenvalue weighted by atomic mass is 16.3. The summed E-state index contributed by atoms with van der Waals surface area (Å²) in [5, 5.41) is 25.2. The summed E-state index contributed by atoms with van der Waals surface area (Å²) in [7, 11) is 0. The molecule has 12 nitrogen and oxygen atoms in total. The molecule has 0 bridgehead atoms. The third kappa shape index (κ3) is 5.83. The van der Waals surface area contributed by atoms with E-state index in [1.54, 1.807) is 28.8 Å². The summed E-state index contributed by atoms with van der Waals surface area (Å²) in [5.74, 6) is -0.0128. The Labute approximate surface area is 230 Å². The van der Waals surface area contributed by atoms with Crippen molar-refractivity contribution in [2.75, 3.05) is 54.9 Å². The number of aliphatic hydroxyl groups is 2. The van der Waals surface area contributed by atoms with Gasteiger partial charge in [0.25, 0.3) is 5.56 Å². The second kappa shape index (κ2) is 12.0. The summed E-state index contributed by atoms with van der Waals surface area (Å²) in [6, 6.07) is 14.8. The second-order valence-electron chi connectivity index (χ2n) is 9.23. The van der Waals surface area contributed by atoms with Crippen molar-refractivity contribution < 1.29 is 15.0 Å². The van der Waals surface area contributed by atoms with Crippen LogP contribution in [0.15, 0.2) is 72.2 Å². The fourth-order valence-corrected chi connectivity index (χ4v) is 4.65. The van der Waals surface area contributed by atoms with E-state index in [0.29, 0.717) is 17.9 Å². The van der Waals surface area contributed by atoms with Crippen molar-refractivity contribution in [1.29, 1.82) is 0 Å². The minimum absolute atomic E-state index is 0.0952. The number of β-amino-alcohol motifs (C(OH)–C–C–N with tert-alkyl or cyclic N) is 1. The van der Waals surface area contributed by atoms with Crippen molar-refractivity contribution in [2.24, 2.45) is 0 Å². The molecule has 0 unspecified atom stereocenters. The van der Waals surface area contributed by atoms with Crippen LogP contribution in [-0.2, 0) is 11.4 Å². The van der Waals surface area contributed by atoms with Gasteiger partial charge in [0.1, 0.15) is 17.8 Å². The van der Waals surface area contributed by atoms with Crippen molar-refractivity contribution in [3.05, 3.63) is 83.6 Å². The molecule has 1 saturated heterocycles. The lowest BCUT2D eigenvalue weighted by atomic mass is 10.2. The maximum Gasteiger partial charge on any atom is 0.284 e. The first-order valence-corrected chi connectivity index (χ1v) is 12.9. The number of nitrogens with one attached hydrogen (secondary N) is 2. The molecule has 0 saturated carbocycles. The van der Waals surface area contributed by atoms with Crippen molar-refractivity contribution in [3.8, 4) is 5.69 Å². The monoisotopic (exact) mass is 542 g/mol. The summed E-state index contributed by atoms with van der Waals surface area (Å²) < 4.78 is 1.56. The largest absolute Gasteiger partial charge is 0.395 e. The molecule has 2 aromatic heterocycles. The van der Waals surface area contributed by atoms with Crippen molar-refractivity contribution in [1.82, 2.24) is 24.4 Å². The molecule has 0 spiro atoms. The summed E-state index contributed by atoms with van der Waals surface area (Å²) in [5.41, 5.74) is 2.61. The molecule has 1 amide bonds. The molecule has 3 heterocycles. The van der Waals surface area contributed by atoms with Crippen LogP contribution in [0.3, 0.4) is 0 Å². The van der Waals surface area contributed by atoms with Gasteiger partial charge in [0.15, 0.2) is 5.65 Å². The van der Waals surface area contributed by atoms with Gasteiger partial charge in [0, 0.05) is 56.0 Å². The molecule has 4 aromatic rings. The van der Waals surface area contributed by atoms with E-state index >= 15 is 0 Å². The van der Waals surface area contributed by atoms with Crippen LogP contribution in [-0.4, -0.2) is 79.9 Å². The lowest BCUT2D eigenvalue weighted by Crippen LogP contribution is -2.47. The molecular formula is C28H30N8O4. The van der Waals surface area contributed by atoms with Crippen LogP contribution < -0.4 is 21.1 Å². The topological polar surface area (TPSA) is 149 Å². The van der Waals surface area contributed by atoms with Gasteiger partial charge in [-0.25, -0.2) is 4.98 Å². The van der Waals surface area contributed by atoms with Gasteiger partial charge in [0.05, 0.1) is 12.3 Å². The van der Waals surface area contributed by atoms with Gasteiger partial charge in [-0.15, -0.1) is 0 Å². The Kier molecular flexibility index (Phi) is 8.10. The van der Waals surface area contributed by atoms with E-state index in [4.69, 9.17) is 5.11 Å². The number of carbonyl (C=O) groups is 1. The smallest absolute Gasteiger partial charge is 0.284 e. The van der Waals surface area contributed by atoms with Crippen LogP contribution in [0.4, 0.5) is 23.0 Å². The summed E-state index contributed by atoms with van der Waals surface area (Å²) >= 11 is 0. The zero-order valence-electron chi connectivity index (χ0n) is 21.8. The average molecular weight is 543 g/mol. The number of hydrogen-bond acceptors (Lipinski definition) is 10. The van der Waals surface area contributed by atoms with Crippen molar-refractivity contribution in [2.45, 2.75) is 6.61 Å². The Morgan fingerprint density at radius 2 is 1.77 bits per heavy atom. The standard InChI is InChI=1S/C28H30N8O4/c1-2-25(39)30-20-4-3-5-22(16-20)36-24(18-38)32-27(40)23-17-29-28(33-26(23)36)31-19-6-8-21(9-7-19)35-12-10-34(11-13-35)14-15-37/h2-9,16-17,37-38H,1,10-15,18H2,(H,30,39)(H,29,31,33). The predicted molar refractivity (Wildman–Crippen MR) is 153 cm³/mol. The zero-order chi connectivity index (χ0) is 28.1. The quantitative estimate of drug-likeness (QED) is 0.230. The van der Waals surface area contributed by atoms with Crippen LogP contribution in [0, 0.1) is 0 Å². The van der Waals surface area contributed by atoms with Crippen LogP contribution in [0.2, 0.25) is 0 Å². The number of amides is 1. The number of fused-ring (bicyclic) bond motifs is 1. The molecule has 1 fully saturated rings. The first kappa shape index (κ1) is 26.9. The molecule has 12 heteroatoms. The fourth-order valence-electron chi connectivity index (χ4n) is 4.65. The number of piperazine rings is 1. The molecule has 5 rings (SSSR count). The number of anilines is 4. The summed E-state index contributed by atoms with van der Waals surface area (Å²) in [6.07, 6.45) is 2.57. The third-order valence-electron chi connectivity index (χ3n) is 6.68. The van der Waals surface area contributed by atoms with E-state index in [2.05, 4.69) is 42.0 Å². The normalized spacial score (nSPS) is 13.8. The van der Waals surface area contributed by atoms with Gasteiger partial charge >= 0.3 is 0 Å². The number of aromatic nitrogens is 4. The number of carbonyl (C=O) groups excluding carboxylic acids is 1. The second-order valence-corrected chi connectivity index (χ2v) is 9.23. The number of aliphatic hydroxyl groups excluding tert-OH is 2. The van der Waals surface area contributed by atoms with Gasteiger partial charge in [-0.3, -0.25) is 19.1 Å². The predicted octanol–water partition coefficient (Wildman–Crippen LogP) is 1.65. The average Bonchev–Trinajstić information content (AvgIpc) is 2.98. The van der Waals surface area contributed by atoms with Crippen LogP contribution >= 0.6 is 0 Å². The number of rotatable bonds is 9. The van der Waals surface area contributed by atoms with E-state index in [9.17, 15) is 14.7 Å². The Bertz CT molecular complexity index is 1580. The Balaban J connectivity index is 1.43. The summed E-state index contributed by atoms with van der Waals surface area (Å²) in [4.78, 5) is 42.0. The van der Waals surface area contributed by atoms with E-state index in [-0.39, 0.29) is 35.3 Å². The first-order chi connectivity index (χ1) is 19.5. The van der Waals surface area contributed by atoms with E-state index < -0.39 is 12.2 Å². The third-order valence-corrected chi connectivity index (χ3v) is 6.68. The highest BCUT2D eigenvalue weighted by molar-refractivity contribution is 5.99. The minimum atomic E-state index is -0.554. The highest BCUT2D eigenvalue weighted by Gasteiger charge is 2.18. The van der Waals surface area contributed by atoms with Crippen LogP contribution in [0.5, 0.6) is 0 Å². The van der Waals surface area contributed by atoms with Crippen LogP contribution in [0.1, 0.15) is 5.82 Å². The molecule has 1 aliphatic rings.